The summed E-state index contributed by atoms with van der Waals surface area (Å²) in [6.45, 7) is 7.78. The molecule has 26 heavy (non-hydrogen) atoms. The molecule has 2 aromatic rings. The summed E-state index contributed by atoms with van der Waals surface area (Å²) >= 11 is 3.22. The Hall–Kier alpha value is -2.30. The van der Waals surface area contributed by atoms with Crippen LogP contribution < -0.4 is 0 Å². The molecular weight excluding hydrogens is 360 g/mol. The van der Waals surface area contributed by atoms with Crippen LogP contribution in [0.2, 0.25) is 0 Å². The maximum absolute atomic E-state index is 13.0. The van der Waals surface area contributed by atoms with Gasteiger partial charge in [0, 0.05) is 17.8 Å². The van der Waals surface area contributed by atoms with E-state index in [0.29, 0.717) is 0 Å². The maximum Gasteiger partial charge on any atom is 0.160 e. The molecule has 4 atom stereocenters. The Labute approximate surface area is 159 Å². The lowest BCUT2D eigenvalue weighted by Gasteiger charge is -2.26. The summed E-state index contributed by atoms with van der Waals surface area (Å²) in [4.78, 5) is 25.7. The van der Waals surface area contributed by atoms with Crippen LogP contribution in [0.25, 0.3) is 23.3 Å². The zero-order chi connectivity index (χ0) is 18.0. The number of thiophene rings is 2. The van der Waals surface area contributed by atoms with E-state index in [2.05, 4.69) is 29.3 Å². The zero-order valence-corrected chi connectivity index (χ0v) is 15.6. The summed E-state index contributed by atoms with van der Waals surface area (Å²) < 4.78 is 0. The summed E-state index contributed by atoms with van der Waals surface area (Å²) in [6, 6.07) is 0. The fraction of sp³-hybridized carbons (Fsp3) is 0.182. The van der Waals surface area contributed by atoms with Crippen LogP contribution in [0, 0.1) is 23.7 Å². The highest BCUT2D eigenvalue weighted by Crippen LogP contribution is 2.60. The van der Waals surface area contributed by atoms with Gasteiger partial charge in [0.15, 0.2) is 5.78 Å². The third kappa shape index (κ3) is 1.91. The molecule has 0 aliphatic heterocycles. The van der Waals surface area contributed by atoms with E-state index in [0.717, 1.165) is 33.4 Å². The number of allylic oxidation sites excluding steroid dienone is 4. The smallest absolute Gasteiger partial charge is 0.160 e. The van der Waals surface area contributed by atoms with Crippen LogP contribution in [0.4, 0.5) is 0 Å². The van der Waals surface area contributed by atoms with Crippen molar-refractivity contribution in [1.82, 2.24) is 0 Å². The first kappa shape index (κ1) is 15.9. The fourth-order valence-corrected chi connectivity index (χ4v) is 6.50. The molecule has 0 aromatic carbocycles. The highest BCUT2D eigenvalue weighted by molar-refractivity contribution is 7.08. The highest BCUT2D eigenvalue weighted by Gasteiger charge is 2.60. The second kappa shape index (κ2) is 5.60. The maximum atomic E-state index is 13.0. The Morgan fingerprint density at radius 1 is 0.846 bits per heavy atom. The van der Waals surface area contributed by atoms with Gasteiger partial charge in [0.25, 0.3) is 0 Å². The summed E-state index contributed by atoms with van der Waals surface area (Å²) in [7, 11) is 0. The number of ketones is 2. The van der Waals surface area contributed by atoms with Crippen molar-refractivity contribution in [2.75, 3.05) is 0 Å². The molecule has 0 spiro atoms. The molecule has 4 heteroatoms. The standard InChI is InChI=1S/C22H16O2S2/c1-3-11-7-25-9-16(11)13-5-15-19-18(23)6-14(20(19)21(13)22(15)24)17-10-26-8-12(17)4-2/h3-10,15,19-21H,1-2H2. The van der Waals surface area contributed by atoms with E-state index in [1.807, 2.05) is 23.6 Å². The quantitative estimate of drug-likeness (QED) is 0.734. The Balaban J connectivity index is 1.64. The summed E-state index contributed by atoms with van der Waals surface area (Å²) in [6.07, 6.45) is 7.48. The van der Waals surface area contributed by atoms with Crippen LogP contribution in [0.1, 0.15) is 22.3 Å². The monoisotopic (exact) mass is 376 g/mol. The summed E-state index contributed by atoms with van der Waals surface area (Å²) in [5.41, 5.74) is 6.34. The molecule has 3 aliphatic rings. The van der Waals surface area contributed by atoms with Crippen molar-refractivity contribution in [1.29, 1.82) is 0 Å². The lowest BCUT2D eigenvalue weighted by Crippen LogP contribution is -2.23. The van der Waals surface area contributed by atoms with Crippen molar-refractivity contribution in [3.8, 4) is 0 Å². The van der Waals surface area contributed by atoms with E-state index in [-0.39, 0.29) is 35.2 Å². The predicted octanol–water partition coefficient (Wildman–Crippen LogP) is 5.21. The van der Waals surface area contributed by atoms with Gasteiger partial charge in [-0.25, -0.2) is 0 Å². The first-order valence-corrected chi connectivity index (χ1v) is 10.4. The Morgan fingerprint density at radius 3 is 2.08 bits per heavy atom. The van der Waals surface area contributed by atoms with E-state index < -0.39 is 0 Å². The summed E-state index contributed by atoms with van der Waals surface area (Å²) in [5.74, 6) is -0.499. The van der Waals surface area contributed by atoms with Gasteiger partial charge in [-0.3, -0.25) is 9.59 Å². The predicted molar refractivity (Wildman–Crippen MR) is 109 cm³/mol. The molecule has 128 valence electrons. The normalized spacial score (nSPS) is 28.9. The van der Waals surface area contributed by atoms with Gasteiger partial charge in [-0.05, 0) is 61.0 Å². The lowest BCUT2D eigenvalue weighted by atomic mass is 9.75. The number of carbonyl (C=O) groups is 2. The van der Waals surface area contributed by atoms with E-state index in [1.165, 1.54) is 0 Å². The molecule has 4 unspecified atom stereocenters. The average molecular weight is 377 g/mol. The summed E-state index contributed by atoms with van der Waals surface area (Å²) in [5, 5.41) is 8.26. The van der Waals surface area contributed by atoms with E-state index in [4.69, 9.17) is 0 Å². The molecule has 5 rings (SSSR count). The topological polar surface area (TPSA) is 34.1 Å². The van der Waals surface area contributed by atoms with E-state index in [1.54, 1.807) is 28.7 Å². The van der Waals surface area contributed by atoms with Crippen molar-refractivity contribution in [2.24, 2.45) is 23.7 Å². The van der Waals surface area contributed by atoms with E-state index >= 15 is 0 Å². The average Bonchev–Trinajstić information content (AvgIpc) is 3.42. The van der Waals surface area contributed by atoms with Gasteiger partial charge in [-0.15, -0.1) is 0 Å². The number of hydrogen-bond acceptors (Lipinski definition) is 4. The largest absolute Gasteiger partial charge is 0.298 e. The van der Waals surface area contributed by atoms with Gasteiger partial charge in [-0.2, -0.15) is 22.7 Å². The number of carbonyl (C=O) groups excluding carboxylic acids is 2. The zero-order valence-electron chi connectivity index (χ0n) is 14.0. The number of Topliss-reactive ketones (excluding diaryl/α,β-unsaturated/α-hetero) is 1. The van der Waals surface area contributed by atoms with Gasteiger partial charge in [0.05, 0.1) is 5.92 Å². The van der Waals surface area contributed by atoms with Crippen molar-refractivity contribution < 1.29 is 9.59 Å². The molecule has 0 amide bonds. The van der Waals surface area contributed by atoms with Crippen molar-refractivity contribution in [3.63, 3.8) is 0 Å². The minimum absolute atomic E-state index is 0.0501. The molecule has 0 N–H and O–H groups in total. The van der Waals surface area contributed by atoms with Crippen LogP contribution in [0.15, 0.2) is 46.8 Å². The van der Waals surface area contributed by atoms with Crippen LogP contribution >= 0.6 is 22.7 Å². The van der Waals surface area contributed by atoms with Crippen LogP contribution in [0.3, 0.4) is 0 Å². The number of hydrogen-bond donors (Lipinski definition) is 0. The molecule has 2 nitrogen and oxygen atoms in total. The minimum atomic E-state index is -0.287. The SMILES string of the molecule is C=Cc1cscc1C1=CC2C(=O)C1C1C(c3cscc3C=C)=CC(=O)C21. The van der Waals surface area contributed by atoms with Crippen molar-refractivity contribution in [3.05, 3.63) is 69.1 Å². The van der Waals surface area contributed by atoms with Crippen LogP contribution in [-0.2, 0) is 9.59 Å². The molecule has 2 bridgehead atoms. The highest BCUT2D eigenvalue weighted by atomic mass is 32.1. The Bertz CT molecular complexity index is 1050. The fourth-order valence-electron chi connectivity index (χ4n) is 4.81. The molecule has 2 heterocycles. The molecule has 1 fully saturated rings. The Morgan fingerprint density at radius 2 is 1.46 bits per heavy atom. The second-order valence-corrected chi connectivity index (χ2v) is 8.46. The van der Waals surface area contributed by atoms with Crippen molar-refractivity contribution in [2.45, 2.75) is 0 Å². The molecule has 0 saturated heterocycles. The van der Waals surface area contributed by atoms with Crippen LogP contribution in [-0.4, -0.2) is 11.6 Å². The van der Waals surface area contributed by atoms with E-state index in [9.17, 15) is 9.59 Å². The van der Waals surface area contributed by atoms with Gasteiger partial charge in [0.1, 0.15) is 5.78 Å². The third-order valence-corrected chi connectivity index (χ3v) is 7.42. The lowest BCUT2D eigenvalue weighted by molar-refractivity contribution is -0.124. The molecule has 0 radical (unpaired) electrons. The second-order valence-electron chi connectivity index (χ2n) is 6.97. The first-order valence-electron chi connectivity index (χ1n) is 8.54. The Kier molecular flexibility index (Phi) is 3.43. The van der Waals surface area contributed by atoms with Gasteiger partial charge in [-0.1, -0.05) is 31.4 Å². The third-order valence-electron chi connectivity index (χ3n) is 5.89. The molecule has 1 saturated carbocycles. The molecule has 2 aromatic heterocycles. The number of rotatable bonds is 4. The van der Waals surface area contributed by atoms with Gasteiger partial charge in [0.2, 0.25) is 0 Å². The number of fused-ring (bicyclic) bond motifs is 5. The molecule has 3 aliphatic carbocycles. The van der Waals surface area contributed by atoms with Gasteiger partial charge >= 0.3 is 0 Å². The molecular formula is C22H16O2S2. The van der Waals surface area contributed by atoms with Gasteiger partial charge < -0.3 is 0 Å². The minimum Gasteiger partial charge on any atom is -0.298 e. The van der Waals surface area contributed by atoms with Crippen molar-refractivity contribution >= 4 is 57.5 Å². The van der Waals surface area contributed by atoms with Crippen LogP contribution in [0.5, 0.6) is 0 Å². The first-order chi connectivity index (χ1) is 12.7.